The van der Waals surface area contributed by atoms with E-state index in [0.717, 1.165) is 16.5 Å². The number of rotatable bonds is 4. The lowest BCUT2D eigenvalue weighted by Crippen LogP contribution is -1.95. The van der Waals surface area contributed by atoms with E-state index in [0.29, 0.717) is 10.9 Å². The number of aryl methyl sites for hydroxylation is 1. The summed E-state index contributed by atoms with van der Waals surface area (Å²) in [6, 6.07) is 6.16. The molecule has 0 unspecified atom stereocenters. The lowest BCUT2D eigenvalue weighted by Gasteiger charge is -2.03. The van der Waals surface area contributed by atoms with Gasteiger partial charge in [0.1, 0.15) is 5.82 Å². The predicted molar refractivity (Wildman–Crippen MR) is 81.3 cm³/mol. The summed E-state index contributed by atoms with van der Waals surface area (Å²) in [4.78, 5) is 4.06. The Morgan fingerprint density at radius 2 is 2.39 bits per heavy atom. The van der Waals surface area contributed by atoms with Gasteiger partial charge < -0.3 is 5.73 Å². The van der Waals surface area contributed by atoms with Gasteiger partial charge in [0.25, 0.3) is 0 Å². The molecule has 6 heteroatoms. The summed E-state index contributed by atoms with van der Waals surface area (Å²) >= 11 is 4.88. The molecule has 18 heavy (non-hydrogen) atoms. The van der Waals surface area contributed by atoms with E-state index in [1.165, 1.54) is 16.9 Å². The number of nitrogens with two attached hydrogens (primary N) is 1. The van der Waals surface area contributed by atoms with E-state index >= 15 is 0 Å². The lowest BCUT2D eigenvalue weighted by atomic mass is 10.1. The summed E-state index contributed by atoms with van der Waals surface area (Å²) in [5, 5.41) is 6.64. The fourth-order valence-electron chi connectivity index (χ4n) is 1.50. The largest absolute Gasteiger partial charge is 0.383 e. The molecule has 2 aromatic rings. The highest BCUT2D eigenvalue weighted by Crippen LogP contribution is 2.17. The van der Waals surface area contributed by atoms with Gasteiger partial charge in [-0.15, -0.1) is 11.3 Å². The number of nitrogens with one attached hydrogen (secondary N) is 1. The molecule has 3 N–H and O–H groups in total. The summed E-state index contributed by atoms with van der Waals surface area (Å²) in [7, 11) is 0. The molecule has 0 saturated carbocycles. The van der Waals surface area contributed by atoms with Crippen LogP contribution in [0.5, 0.6) is 0 Å². The number of halogens is 1. The van der Waals surface area contributed by atoms with E-state index in [1.807, 2.05) is 12.1 Å². The standard InChI is InChI=1S/C12H13BrN4S/c1-2-8-3-4-10(13)5-9(8)6-15-17-12-16-11(14)7-18-12/h3-7H,2,14H2,1H3,(H,16,17). The lowest BCUT2D eigenvalue weighted by molar-refractivity contribution is 1.13. The van der Waals surface area contributed by atoms with E-state index in [-0.39, 0.29) is 0 Å². The first kappa shape index (κ1) is 13.0. The number of nitrogens with zero attached hydrogens (tertiary/aromatic N) is 2. The average Bonchev–Trinajstić information content (AvgIpc) is 2.75. The van der Waals surface area contributed by atoms with Gasteiger partial charge in [0.2, 0.25) is 5.13 Å². The zero-order valence-corrected chi connectivity index (χ0v) is 12.3. The van der Waals surface area contributed by atoms with Crippen molar-refractivity contribution in [2.24, 2.45) is 5.10 Å². The number of hydrogen-bond acceptors (Lipinski definition) is 5. The SMILES string of the molecule is CCc1ccc(Br)cc1C=NNc1nc(N)cs1. The van der Waals surface area contributed by atoms with Crippen molar-refractivity contribution in [3.05, 3.63) is 39.2 Å². The number of hydrogen-bond donors (Lipinski definition) is 2. The van der Waals surface area contributed by atoms with Crippen LogP contribution in [0.4, 0.5) is 10.9 Å². The minimum atomic E-state index is 0.509. The molecule has 0 radical (unpaired) electrons. The highest BCUT2D eigenvalue weighted by Gasteiger charge is 1.99. The van der Waals surface area contributed by atoms with Gasteiger partial charge in [-0.1, -0.05) is 28.9 Å². The number of hydrazone groups is 1. The maximum absolute atomic E-state index is 5.53. The second-order valence-electron chi connectivity index (χ2n) is 3.64. The average molecular weight is 325 g/mol. The maximum atomic E-state index is 5.53. The summed E-state index contributed by atoms with van der Waals surface area (Å²) in [6.45, 7) is 2.12. The molecular formula is C12H13BrN4S. The maximum Gasteiger partial charge on any atom is 0.205 e. The first-order chi connectivity index (χ1) is 8.69. The van der Waals surface area contributed by atoms with Crippen LogP contribution in [0.3, 0.4) is 0 Å². The van der Waals surface area contributed by atoms with Crippen LogP contribution in [0.15, 0.2) is 33.2 Å². The highest BCUT2D eigenvalue weighted by molar-refractivity contribution is 9.10. The molecule has 0 spiro atoms. The summed E-state index contributed by atoms with van der Waals surface area (Å²) in [5.74, 6) is 0.509. The van der Waals surface area contributed by atoms with E-state index in [2.05, 4.69) is 44.4 Å². The Labute approximate surface area is 118 Å². The summed E-state index contributed by atoms with van der Waals surface area (Å²) in [5.41, 5.74) is 10.7. The Morgan fingerprint density at radius 3 is 3.06 bits per heavy atom. The molecule has 0 amide bonds. The molecule has 1 heterocycles. The minimum absolute atomic E-state index is 0.509. The molecule has 0 aliphatic carbocycles. The monoisotopic (exact) mass is 324 g/mol. The van der Waals surface area contributed by atoms with Crippen molar-refractivity contribution in [1.82, 2.24) is 4.98 Å². The Hall–Kier alpha value is -1.40. The third kappa shape index (κ3) is 3.30. The third-order valence-corrected chi connectivity index (χ3v) is 3.63. The second-order valence-corrected chi connectivity index (χ2v) is 5.42. The van der Waals surface area contributed by atoms with Crippen LogP contribution in [-0.2, 0) is 6.42 Å². The molecule has 0 aliphatic rings. The Morgan fingerprint density at radius 1 is 1.56 bits per heavy atom. The van der Waals surface area contributed by atoms with Crippen molar-refractivity contribution >= 4 is 44.4 Å². The van der Waals surface area contributed by atoms with Crippen LogP contribution in [0.25, 0.3) is 0 Å². The van der Waals surface area contributed by atoms with Crippen LogP contribution >= 0.6 is 27.3 Å². The minimum Gasteiger partial charge on any atom is -0.383 e. The molecule has 0 atom stereocenters. The molecule has 4 nitrogen and oxygen atoms in total. The summed E-state index contributed by atoms with van der Waals surface area (Å²) < 4.78 is 1.04. The zero-order valence-electron chi connectivity index (χ0n) is 9.85. The molecular weight excluding hydrogens is 312 g/mol. The fraction of sp³-hybridized carbons (Fsp3) is 0.167. The number of benzene rings is 1. The van der Waals surface area contributed by atoms with Crippen molar-refractivity contribution in [1.29, 1.82) is 0 Å². The summed E-state index contributed by atoms with van der Waals surface area (Å²) in [6.07, 6.45) is 2.76. The predicted octanol–water partition coefficient (Wildman–Crippen LogP) is 3.50. The number of nitrogen functional groups attached to an aromatic ring is 1. The number of aromatic nitrogens is 1. The van der Waals surface area contributed by atoms with Gasteiger partial charge in [-0.2, -0.15) is 5.10 Å². The Bertz CT molecular complexity index is 565. The van der Waals surface area contributed by atoms with E-state index < -0.39 is 0 Å². The van der Waals surface area contributed by atoms with Crippen molar-refractivity contribution in [2.45, 2.75) is 13.3 Å². The molecule has 0 saturated heterocycles. The normalized spacial score (nSPS) is 11.0. The van der Waals surface area contributed by atoms with E-state index in [1.54, 1.807) is 11.6 Å². The quantitative estimate of drug-likeness (QED) is 0.668. The second kappa shape index (κ2) is 5.97. The van der Waals surface area contributed by atoms with Gasteiger partial charge in [0.15, 0.2) is 0 Å². The fourth-order valence-corrected chi connectivity index (χ4v) is 2.43. The Balaban J connectivity index is 2.11. The van der Waals surface area contributed by atoms with Crippen molar-refractivity contribution < 1.29 is 0 Å². The van der Waals surface area contributed by atoms with Crippen molar-refractivity contribution in [3.8, 4) is 0 Å². The van der Waals surface area contributed by atoms with Gasteiger partial charge in [-0.3, -0.25) is 5.43 Å². The van der Waals surface area contributed by atoms with Crippen LogP contribution in [0.1, 0.15) is 18.1 Å². The van der Waals surface area contributed by atoms with Crippen molar-refractivity contribution in [3.63, 3.8) is 0 Å². The number of thiazole rings is 1. The van der Waals surface area contributed by atoms with Gasteiger partial charge in [0, 0.05) is 9.85 Å². The van der Waals surface area contributed by atoms with Gasteiger partial charge in [0.05, 0.1) is 6.21 Å². The van der Waals surface area contributed by atoms with Crippen LogP contribution in [0.2, 0.25) is 0 Å². The molecule has 0 aliphatic heterocycles. The zero-order chi connectivity index (χ0) is 13.0. The topological polar surface area (TPSA) is 63.3 Å². The van der Waals surface area contributed by atoms with Crippen molar-refractivity contribution in [2.75, 3.05) is 11.2 Å². The van der Waals surface area contributed by atoms with Crippen LogP contribution < -0.4 is 11.2 Å². The van der Waals surface area contributed by atoms with Gasteiger partial charge in [-0.25, -0.2) is 4.98 Å². The first-order valence-corrected chi connectivity index (χ1v) is 7.15. The molecule has 0 fully saturated rings. The van der Waals surface area contributed by atoms with Gasteiger partial charge >= 0.3 is 0 Å². The molecule has 2 rings (SSSR count). The first-order valence-electron chi connectivity index (χ1n) is 5.47. The van der Waals surface area contributed by atoms with E-state index in [9.17, 15) is 0 Å². The molecule has 0 bridgehead atoms. The third-order valence-electron chi connectivity index (χ3n) is 2.37. The Kier molecular flexibility index (Phi) is 4.33. The van der Waals surface area contributed by atoms with E-state index in [4.69, 9.17) is 5.73 Å². The molecule has 94 valence electrons. The van der Waals surface area contributed by atoms with Gasteiger partial charge in [-0.05, 0) is 29.7 Å². The number of anilines is 2. The highest BCUT2D eigenvalue weighted by atomic mass is 79.9. The van der Waals surface area contributed by atoms with Crippen LogP contribution in [0, 0.1) is 0 Å². The smallest absolute Gasteiger partial charge is 0.205 e. The van der Waals surface area contributed by atoms with Crippen LogP contribution in [-0.4, -0.2) is 11.2 Å². The molecule has 1 aromatic carbocycles. The molecule has 1 aromatic heterocycles.